The van der Waals surface area contributed by atoms with E-state index in [2.05, 4.69) is 5.32 Å². The largest absolute Gasteiger partial charge is 0.490 e. The van der Waals surface area contributed by atoms with Crippen LogP contribution in [-0.4, -0.2) is 69.8 Å². The van der Waals surface area contributed by atoms with Crippen LogP contribution in [0, 0.1) is 23.4 Å². The Morgan fingerprint density at radius 2 is 1.60 bits per heavy atom. The highest BCUT2D eigenvalue weighted by Crippen LogP contribution is 2.22. The molecule has 0 spiro atoms. The normalized spacial score (nSPS) is 16.0. The first kappa shape index (κ1) is 36.8. The molecule has 2 aromatic carbocycles. The Labute approximate surface area is 254 Å². The molecule has 2 amide bonds. The topological polar surface area (TPSA) is 159 Å². The summed E-state index contributed by atoms with van der Waals surface area (Å²) in [5, 5.41) is 19.2. The molecule has 5 N–H and O–H groups in total. The maximum atomic E-state index is 13.9. The van der Waals surface area contributed by atoms with E-state index in [0.717, 1.165) is 11.6 Å². The predicted octanol–water partition coefficient (Wildman–Crippen LogP) is 3.79. The molecule has 1 unspecified atom stereocenters. The number of benzene rings is 2. The van der Waals surface area contributed by atoms with Gasteiger partial charge in [-0.05, 0) is 48.6 Å². The van der Waals surface area contributed by atoms with Gasteiger partial charge in [-0.2, -0.15) is 13.2 Å². The summed E-state index contributed by atoms with van der Waals surface area (Å²) in [6.45, 7) is 4.06. The van der Waals surface area contributed by atoms with Crippen molar-refractivity contribution in [3.63, 3.8) is 0 Å². The number of carboxylic acid groups (broad SMARTS) is 2. The van der Waals surface area contributed by atoms with Gasteiger partial charge in [0.25, 0.3) is 0 Å². The van der Waals surface area contributed by atoms with Gasteiger partial charge >= 0.3 is 18.1 Å². The van der Waals surface area contributed by atoms with Crippen LogP contribution in [-0.2, 0) is 32.1 Å². The molecule has 1 saturated heterocycles. The van der Waals surface area contributed by atoms with Gasteiger partial charge < -0.3 is 30.9 Å². The van der Waals surface area contributed by atoms with Gasteiger partial charge in [-0.3, -0.25) is 9.59 Å². The molecule has 3 rings (SSSR count). The van der Waals surface area contributed by atoms with Crippen LogP contribution in [0.4, 0.5) is 26.3 Å². The summed E-state index contributed by atoms with van der Waals surface area (Å²) >= 11 is 0. The Bertz CT molecular complexity index is 1360. The third-order valence-corrected chi connectivity index (χ3v) is 6.63. The molecule has 0 radical (unpaired) electrons. The number of carbonyl (C=O) groups is 4. The summed E-state index contributed by atoms with van der Waals surface area (Å²) < 4.78 is 77.8. The van der Waals surface area contributed by atoms with Crippen LogP contribution in [0.2, 0.25) is 0 Å². The number of rotatable bonds is 11. The lowest BCUT2D eigenvalue weighted by Crippen LogP contribution is -2.47. The Kier molecular flexibility index (Phi) is 13.2. The van der Waals surface area contributed by atoms with Gasteiger partial charge in [-0.1, -0.05) is 26.0 Å². The van der Waals surface area contributed by atoms with Crippen molar-refractivity contribution in [1.29, 1.82) is 0 Å². The molecule has 10 nitrogen and oxygen atoms in total. The number of alkyl halides is 3. The summed E-state index contributed by atoms with van der Waals surface area (Å²) in [6.07, 6.45) is -5.30. The van der Waals surface area contributed by atoms with Crippen LogP contribution < -0.4 is 15.8 Å². The van der Waals surface area contributed by atoms with Crippen LogP contribution in [0.5, 0.6) is 5.75 Å². The monoisotopic (exact) mass is 649 g/mol. The molecule has 1 fully saturated rings. The highest BCUT2D eigenvalue weighted by Gasteiger charge is 2.38. The zero-order chi connectivity index (χ0) is 34.1. The van der Waals surface area contributed by atoms with Crippen LogP contribution >= 0.6 is 0 Å². The number of hydrogen-bond donors (Lipinski definition) is 4. The van der Waals surface area contributed by atoms with Crippen molar-refractivity contribution in [2.75, 3.05) is 6.54 Å². The van der Waals surface area contributed by atoms with Crippen LogP contribution in [0.3, 0.4) is 0 Å². The van der Waals surface area contributed by atoms with Crippen molar-refractivity contribution < 1.29 is 60.5 Å². The van der Waals surface area contributed by atoms with Crippen molar-refractivity contribution >= 4 is 23.8 Å². The maximum absolute atomic E-state index is 13.9. The maximum Gasteiger partial charge on any atom is 0.490 e. The molecular weight excluding hydrogens is 616 g/mol. The van der Waals surface area contributed by atoms with Gasteiger partial charge in [0.2, 0.25) is 11.8 Å². The number of nitrogens with one attached hydrogen (secondary N) is 1. The first-order valence-corrected chi connectivity index (χ1v) is 13.6. The van der Waals surface area contributed by atoms with Crippen molar-refractivity contribution in [1.82, 2.24) is 10.2 Å². The molecule has 0 aliphatic carbocycles. The number of ether oxygens (including phenoxy) is 1. The van der Waals surface area contributed by atoms with Crippen molar-refractivity contribution in [3.8, 4) is 5.75 Å². The lowest BCUT2D eigenvalue weighted by Gasteiger charge is -2.25. The number of likely N-dealkylation sites (tertiary alicyclic amines) is 1. The molecule has 1 aliphatic rings. The second-order valence-corrected chi connectivity index (χ2v) is 10.6. The van der Waals surface area contributed by atoms with E-state index in [1.807, 2.05) is 0 Å². The Hall–Kier alpha value is -4.34. The molecule has 0 bridgehead atoms. The number of nitrogens with zero attached hydrogens (tertiary/aromatic N) is 1. The predicted molar refractivity (Wildman–Crippen MR) is 146 cm³/mol. The molecule has 1 heterocycles. The summed E-state index contributed by atoms with van der Waals surface area (Å²) in [6, 6.07) is 6.33. The van der Waals surface area contributed by atoms with Crippen LogP contribution in [0.15, 0.2) is 36.4 Å². The summed E-state index contributed by atoms with van der Waals surface area (Å²) in [5.41, 5.74) is 6.62. The fourth-order valence-corrected chi connectivity index (χ4v) is 4.37. The number of nitrogens with two attached hydrogens (primary N) is 1. The zero-order valence-electron chi connectivity index (χ0n) is 24.2. The quantitative estimate of drug-likeness (QED) is 0.211. The molecule has 0 saturated carbocycles. The third-order valence-electron chi connectivity index (χ3n) is 6.63. The summed E-state index contributed by atoms with van der Waals surface area (Å²) in [7, 11) is 0. The van der Waals surface area contributed by atoms with E-state index in [9.17, 15) is 45.8 Å². The minimum atomic E-state index is -5.08. The molecule has 1 aliphatic heterocycles. The average Bonchev–Trinajstić information content (AvgIpc) is 3.44. The lowest BCUT2D eigenvalue weighted by molar-refractivity contribution is -0.192. The zero-order valence-corrected chi connectivity index (χ0v) is 24.2. The van der Waals surface area contributed by atoms with Crippen LogP contribution in [0.1, 0.15) is 44.2 Å². The second-order valence-electron chi connectivity index (χ2n) is 10.6. The van der Waals surface area contributed by atoms with E-state index in [-0.39, 0.29) is 42.7 Å². The number of amides is 2. The minimum Gasteiger partial charge on any atom is -0.478 e. The van der Waals surface area contributed by atoms with E-state index in [1.54, 1.807) is 38.1 Å². The highest BCUT2D eigenvalue weighted by atomic mass is 19.4. The van der Waals surface area contributed by atoms with Gasteiger partial charge in [0.05, 0.1) is 0 Å². The Balaban J connectivity index is 0.000000900. The molecule has 3 atom stereocenters. The Morgan fingerprint density at radius 3 is 2.13 bits per heavy atom. The number of carbonyl (C=O) groups excluding carboxylic acids is 2. The van der Waals surface area contributed by atoms with E-state index in [4.69, 9.17) is 20.4 Å². The summed E-state index contributed by atoms with van der Waals surface area (Å²) in [5.74, 6) is -7.77. The van der Waals surface area contributed by atoms with E-state index in [0.29, 0.717) is 31.2 Å². The average molecular weight is 650 g/mol. The molecule has 16 heteroatoms. The number of halogens is 6. The summed E-state index contributed by atoms with van der Waals surface area (Å²) in [4.78, 5) is 47.3. The van der Waals surface area contributed by atoms with Gasteiger partial charge in [-0.15, -0.1) is 0 Å². The van der Waals surface area contributed by atoms with Crippen LogP contribution in [0.25, 0.3) is 0 Å². The molecule has 45 heavy (non-hydrogen) atoms. The van der Waals surface area contributed by atoms with Gasteiger partial charge in [0.1, 0.15) is 17.6 Å². The number of hydrogen-bond acceptors (Lipinski definition) is 6. The molecule has 0 aromatic heterocycles. The van der Waals surface area contributed by atoms with Crippen molar-refractivity contribution in [2.24, 2.45) is 11.7 Å². The molecule has 2 aromatic rings. The first-order chi connectivity index (χ1) is 20.9. The van der Waals surface area contributed by atoms with Gasteiger partial charge in [0.15, 0.2) is 17.7 Å². The Morgan fingerprint density at radius 1 is 1.02 bits per heavy atom. The smallest absolute Gasteiger partial charge is 0.478 e. The third kappa shape index (κ3) is 11.3. The van der Waals surface area contributed by atoms with Gasteiger partial charge in [-0.25, -0.2) is 22.8 Å². The van der Waals surface area contributed by atoms with E-state index >= 15 is 0 Å². The minimum absolute atomic E-state index is 0.126. The first-order valence-electron chi connectivity index (χ1n) is 13.6. The molecular formula is C29H33F6N3O7. The van der Waals surface area contributed by atoms with Crippen molar-refractivity contribution in [3.05, 3.63) is 65.0 Å². The second kappa shape index (κ2) is 16.1. The lowest BCUT2D eigenvalue weighted by atomic mass is 10.0. The highest BCUT2D eigenvalue weighted by molar-refractivity contribution is 5.88. The van der Waals surface area contributed by atoms with E-state index < -0.39 is 53.8 Å². The fourth-order valence-electron chi connectivity index (χ4n) is 4.37. The number of carboxylic acids is 2. The fraction of sp³-hybridized carbons (Fsp3) is 0.448. The molecule has 248 valence electrons. The van der Waals surface area contributed by atoms with Gasteiger partial charge in [0, 0.05) is 37.5 Å². The standard InChI is InChI=1S/C27H32F3N3O5.C2HF3O2/c1-15(2)25(27(36)37)38-19-7-5-16(6-8-19)14-32-26(35)23-4-3-9-33(23)24(34)12-18(31)10-17-11-21(29)22(30)13-20(17)28;3-2(4,5)1(6)7/h5-8,11,13,15,18,23,25H,3-4,9-10,12,14,31H2,1-2H3,(H,32,35)(H,36,37);(H,6,7)/t18?,23-,25+;/m0./s1. The SMILES string of the molecule is CC(C)[C@@H](Oc1ccc(CNC(=O)[C@@H]2CCCN2C(=O)CC(N)Cc2cc(F)c(F)cc2F)cc1)C(=O)O.O=C(O)C(F)(F)F. The number of aliphatic carboxylic acids is 2. The van der Waals surface area contributed by atoms with E-state index in [1.165, 1.54) is 4.90 Å². The van der Waals surface area contributed by atoms with Crippen molar-refractivity contribution in [2.45, 2.75) is 70.4 Å².